The second-order valence-electron chi connectivity index (χ2n) is 4.88. The van der Waals surface area contributed by atoms with Crippen molar-refractivity contribution in [1.82, 2.24) is 5.16 Å². The van der Waals surface area contributed by atoms with E-state index in [0.717, 1.165) is 12.8 Å². The fourth-order valence-electron chi connectivity index (χ4n) is 1.94. The summed E-state index contributed by atoms with van der Waals surface area (Å²) in [5, 5.41) is 24.6. The number of benzene rings is 1. The van der Waals surface area contributed by atoms with Crippen molar-refractivity contribution in [2.24, 2.45) is 0 Å². The molecule has 7 nitrogen and oxygen atoms in total. The minimum absolute atomic E-state index is 0.152. The largest absolute Gasteiger partial charge is 0.507 e. The van der Waals surface area contributed by atoms with E-state index in [-0.39, 0.29) is 16.9 Å². The van der Waals surface area contributed by atoms with Gasteiger partial charge in [-0.25, -0.2) is 4.79 Å². The Bertz CT molecular complexity index is 718. The monoisotopic (exact) mass is 288 g/mol. The van der Waals surface area contributed by atoms with Crippen LogP contribution in [-0.2, 0) is 0 Å². The smallest absolute Gasteiger partial charge is 0.339 e. The standard InChI is InChI=1S/C14H12N2O5/c17-11-5-8(3-4-9(11)14(19)20)15-13(18)10-6-12(21-16-10)7-1-2-7/h3-7,17H,1-2H2,(H,15,18)(H,19,20). The lowest BCUT2D eigenvalue weighted by Crippen LogP contribution is -2.12. The number of carboxylic acids is 1. The summed E-state index contributed by atoms with van der Waals surface area (Å²) in [6.45, 7) is 0. The molecule has 1 fully saturated rings. The van der Waals surface area contributed by atoms with E-state index in [9.17, 15) is 14.7 Å². The second kappa shape index (κ2) is 4.93. The van der Waals surface area contributed by atoms with Crippen LogP contribution in [0.2, 0.25) is 0 Å². The third kappa shape index (κ3) is 2.71. The molecule has 3 N–H and O–H groups in total. The third-order valence-electron chi connectivity index (χ3n) is 3.23. The van der Waals surface area contributed by atoms with E-state index in [2.05, 4.69) is 10.5 Å². The number of aromatic hydroxyl groups is 1. The van der Waals surface area contributed by atoms with Crippen molar-refractivity contribution in [2.45, 2.75) is 18.8 Å². The molecular formula is C14H12N2O5. The van der Waals surface area contributed by atoms with Gasteiger partial charge in [-0.2, -0.15) is 0 Å². The topological polar surface area (TPSA) is 113 Å². The van der Waals surface area contributed by atoms with Gasteiger partial charge in [0, 0.05) is 23.7 Å². The Labute approximate surface area is 119 Å². The summed E-state index contributed by atoms with van der Waals surface area (Å²) in [7, 11) is 0. The number of carbonyl (C=O) groups is 2. The number of hydrogen-bond donors (Lipinski definition) is 3. The van der Waals surface area contributed by atoms with Gasteiger partial charge < -0.3 is 20.1 Å². The number of nitrogens with zero attached hydrogens (tertiary/aromatic N) is 1. The highest BCUT2D eigenvalue weighted by Crippen LogP contribution is 2.40. The quantitative estimate of drug-likeness (QED) is 0.795. The van der Waals surface area contributed by atoms with Crippen LogP contribution in [0.5, 0.6) is 5.75 Å². The van der Waals surface area contributed by atoms with Crippen LogP contribution in [0.4, 0.5) is 5.69 Å². The number of anilines is 1. The van der Waals surface area contributed by atoms with Crippen molar-refractivity contribution < 1.29 is 24.3 Å². The highest BCUT2D eigenvalue weighted by atomic mass is 16.5. The molecule has 1 heterocycles. The van der Waals surface area contributed by atoms with Crippen LogP contribution < -0.4 is 5.32 Å². The first kappa shape index (κ1) is 13.2. The molecule has 0 bridgehead atoms. The molecule has 21 heavy (non-hydrogen) atoms. The Balaban J connectivity index is 1.74. The highest BCUT2D eigenvalue weighted by molar-refractivity contribution is 6.03. The lowest BCUT2D eigenvalue weighted by atomic mass is 10.2. The fourth-order valence-corrected chi connectivity index (χ4v) is 1.94. The van der Waals surface area contributed by atoms with Gasteiger partial charge in [-0.3, -0.25) is 4.79 Å². The van der Waals surface area contributed by atoms with Crippen molar-refractivity contribution in [3.05, 3.63) is 41.3 Å². The van der Waals surface area contributed by atoms with Crippen molar-refractivity contribution in [3.8, 4) is 5.75 Å². The van der Waals surface area contributed by atoms with Gasteiger partial charge in [-0.05, 0) is 25.0 Å². The molecule has 1 aromatic carbocycles. The zero-order valence-corrected chi connectivity index (χ0v) is 10.9. The third-order valence-corrected chi connectivity index (χ3v) is 3.23. The van der Waals surface area contributed by atoms with Crippen molar-refractivity contribution in [3.63, 3.8) is 0 Å². The van der Waals surface area contributed by atoms with E-state index in [1.54, 1.807) is 6.07 Å². The molecule has 1 aliphatic carbocycles. The van der Waals surface area contributed by atoms with Gasteiger partial charge in [0.25, 0.3) is 5.91 Å². The van der Waals surface area contributed by atoms with Crippen molar-refractivity contribution in [2.75, 3.05) is 5.32 Å². The SMILES string of the molecule is O=C(Nc1ccc(C(=O)O)c(O)c1)c1cc(C2CC2)on1. The molecule has 2 aromatic rings. The fraction of sp³-hybridized carbons (Fsp3) is 0.214. The van der Waals surface area contributed by atoms with E-state index < -0.39 is 17.6 Å². The van der Waals surface area contributed by atoms with Crippen LogP contribution >= 0.6 is 0 Å². The van der Waals surface area contributed by atoms with Crippen LogP contribution in [0.25, 0.3) is 0 Å². The molecule has 1 amide bonds. The average molecular weight is 288 g/mol. The van der Waals surface area contributed by atoms with Crippen molar-refractivity contribution in [1.29, 1.82) is 0 Å². The molecule has 108 valence electrons. The highest BCUT2D eigenvalue weighted by Gasteiger charge is 2.28. The molecule has 0 atom stereocenters. The van der Waals surface area contributed by atoms with E-state index in [1.807, 2.05) is 0 Å². The van der Waals surface area contributed by atoms with Gasteiger partial charge in [0.1, 0.15) is 17.1 Å². The normalized spacial score (nSPS) is 13.9. The van der Waals surface area contributed by atoms with Gasteiger partial charge in [0.05, 0.1) is 0 Å². The van der Waals surface area contributed by atoms with Crippen LogP contribution in [0.15, 0.2) is 28.8 Å². The molecule has 3 rings (SSSR count). The number of amides is 1. The number of nitrogens with one attached hydrogen (secondary N) is 1. The first-order valence-electron chi connectivity index (χ1n) is 6.39. The zero-order chi connectivity index (χ0) is 15.0. The van der Waals surface area contributed by atoms with E-state index >= 15 is 0 Å². The molecule has 0 radical (unpaired) electrons. The minimum atomic E-state index is -1.24. The minimum Gasteiger partial charge on any atom is -0.507 e. The van der Waals surface area contributed by atoms with Gasteiger partial charge in [-0.1, -0.05) is 5.16 Å². The van der Waals surface area contributed by atoms with Crippen LogP contribution in [0, 0.1) is 0 Å². The second-order valence-corrected chi connectivity index (χ2v) is 4.88. The zero-order valence-electron chi connectivity index (χ0n) is 10.9. The maximum absolute atomic E-state index is 12.0. The molecule has 1 aromatic heterocycles. The number of carbonyl (C=O) groups excluding carboxylic acids is 1. The maximum atomic E-state index is 12.0. The predicted molar refractivity (Wildman–Crippen MR) is 71.5 cm³/mol. The summed E-state index contributed by atoms with van der Waals surface area (Å²) in [6, 6.07) is 5.37. The molecule has 1 aliphatic rings. The lowest BCUT2D eigenvalue weighted by Gasteiger charge is -2.05. The van der Waals surface area contributed by atoms with Gasteiger partial charge in [0.2, 0.25) is 0 Å². The van der Waals surface area contributed by atoms with E-state index in [0.29, 0.717) is 11.7 Å². The number of hydrogen-bond acceptors (Lipinski definition) is 5. The first-order chi connectivity index (χ1) is 10.0. The number of rotatable bonds is 4. The first-order valence-corrected chi connectivity index (χ1v) is 6.39. The molecule has 0 saturated heterocycles. The van der Waals surface area contributed by atoms with Gasteiger partial charge in [0.15, 0.2) is 5.69 Å². The average Bonchev–Trinajstić information content (AvgIpc) is 3.16. The van der Waals surface area contributed by atoms with Gasteiger partial charge >= 0.3 is 5.97 Å². The molecule has 0 unspecified atom stereocenters. The summed E-state index contributed by atoms with van der Waals surface area (Å²) in [5.41, 5.74) is 0.197. The molecule has 0 spiro atoms. The molecule has 7 heteroatoms. The molecular weight excluding hydrogens is 276 g/mol. The summed E-state index contributed by atoms with van der Waals surface area (Å²) >= 11 is 0. The predicted octanol–water partition coefficient (Wildman–Crippen LogP) is 2.21. The van der Waals surface area contributed by atoms with Gasteiger partial charge in [-0.15, -0.1) is 0 Å². The number of aromatic nitrogens is 1. The molecule has 1 saturated carbocycles. The Kier molecular flexibility index (Phi) is 3.09. The summed E-state index contributed by atoms with van der Waals surface area (Å²) < 4.78 is 5.08. The maximum Gasteiger partial charge on any atom is 0.339 e. The Hall–Kier alpha value is -2.83. The molecule has 0 aliphatic heterocycles. The van der Waals surface area contributed by atoms with Crippen LogP contribution in [0.3, 0.4) is 0 Å². The lowest BCUT2D eigenvalue weighted by molar-refractivity contribution is 0.0693. The number of aromatic carboxylic acids is 1. The number of phenols is 1. The Morgan fingerprint density at radius 1 is 1.29 bits per heavy atom. The van der Waals surface area contributed by atoms with Crippen LogP contribution in [-0.4, -0.2) is 27.2 Å². The summed E-state index contributed by atoms with van der Waals surface area (Å²) in [6.07, 6.45) is 2.08. The van der Waals surface area contributed by atoms with E-state index in [1.165, 1.54) is 18.2 Å². The Morgan fingerprint density at radius 2 is 2.05 bits per heavy atom. The Morgan fingerprint density at radius 3 is 2.67 bits per heavy atom. The van der Waals surface area contributed by atoms with E-state index in [4.69, 9.17) is 9.63 Å². The summed E-state index contributed by atoms with van der Waals surface area (Å²) in [4.78, 5) is 22.7. The summed E-state index contributed by atoms with van der Waals surface area (Å²) in [5.74, 6) is -1.08. The van der Waals surface area contributed by atoms with Crippen molar-refractivity contribution >= 4 is 17.6 Å². The van der Waals surface area contributed by atoms with Crippen LogP contribution in [0.1, 0.15) is 45.4 Å². The number of carboxylic acid groups (broad SMARTS) is 1.